The van der Waals surface area contributed by atoms with Crippen molar-refractivity contribution in [1.82, 2.24) is 4.98 Å². The first-order valence-electron chi connectivity index (χ1n) is 8.72. The Labute approximate surface area is 161 Å². The van der Waals surface area contributed by atoms with E-state index in [9.17, 15) is 18.8 Å². The van der Waals surface area contributed by atoms with Crippen LogP contribution in [0, 0.1) is 19.7 Å². The third-order valence-corrected chi connectivity index (χ3v) is 4.00. The molecule has 150 valence electrons. The molecule has 0 bridgehead atoms. The van der Waals surface area contributed by atoms with Gasteiger partial charge in [-0.15, -0.1) is 0 Å². The minimum atomic E-state index is -0.986. The van der Waals surface area contributed by atoms with Gasteiger partial charge in [-0.1, -0.05) is 0 Å². The molecule has 2 rings (SSSR count). The molecule has 7 nitrogen and oxygen atoms in total. The fourth-order valence-electron chi connectivity index (χ4n) is 2.63. The van der Waals surface area contributed by atoms with Crippen LogP contribution < -0.4 is 4.74 Å². The Kier molecular flexibility index (Phi) is 6.92. The van der Waals surface area contributed by atoms with E-state index in [-0.39, 0.29) is 12.3 Å². The Morgan fingerprint density at radius 1 is 1.11 bits per heavy atom. The van der Waals surface area contributed by atoms with E-state index in [2.05, 4.69) is 4.98 Å². The highest BCUT2D eigenvalue weighted by atomic mass is 19.1. The van der Waals surface area contributed by atoms with E-state index in [0.717, 1.165) is 0 Å². The van der Waals surface area contributed by atoms with Gasteiger partial charge in [-0.25, -0.2) is 14.0 Å². The average Bonchev–Trinajstić information content (AvgIpc) is 2.95. The fourth-order valence-corrected chi connectivity index (χ4v) is 2.63. The molecule has 8 heteroatoms. The van der Waals surface area contributed by atoms with E-state index in [4.69, 9.17) is 14.2 Å². The van der Waals surface area contributed by atoms with Gasteiger partial charge in [0.15, 0.2) is 12.7 Å². The number of ketones is 1. The summed E-state index contributed by atoms with van der Waals surface area (Å²) >= 11 is 0. The molecule has 2 aromatic rings. The summed E-state index contributed by atoms with van der Waals surface area (Å²) in [5.74, 6) is -1.88. The van der Waals surface area contributed by atoms with E-state index >= 15 is 0 Å². The summed E-state index contributed by atoms with van der Waals surface area (Å²) in [5, 5.41) is 0. The second kappa shape index (κ2) is 9.16. The minimum Gasteiger partial charge on any atom is -0.479 e. The summed E-state index contributed by atoms with van der Waals surface area (Å²) < 4.78 is 28.2. The minimum absolute atomic E-state index is 0.181. The van der Waals surface area contributed by atoms with Crippen LogP contribution in [0.5, 0.6) is 5.75 Å². The SMILES string of the molecule is CCOC(=O)c1c(C)[nH]c(C(=O)COC(=O)[C@H](C)Oc2ccc(F)cc2)c1C. The van der Waals surface area contributed by atoms with E-state index in [1.54, 1.807) is 20.8 Å². The lowest BCUT2D eigenvalue weighted by molar-refractivity contribution is -0.149. The number of ether oxygens (including phenoxy) is 3. The van der Waals surface area contributed by atoms with Crippen molar-refractivity contribution < 1.29 is 33.0 Å². The number of halogens is 1. The lowest BCUT2D eigenvalue weighted by Crippen LogP contribution is -2.28. The molecule has 0 unspecified atom stereocenters. The first-order valence-corrected chi connectivity index (χ1v) is 8.72. The predicted octanol–water partition coefficient (Wildman–Crippen LogP) is 3.14. The fraction of sp³-hybridized carbons (Fsp3) is 0.350. The van der Waals surface area contributed by atoms with Crippen LogP contribution in [0.2, 0.25) is 0 Å². The monoisotopic (exact) mass is 391 g/mol. The molecule has 1 aromatic carbocycles. The van der Waals surface area contributed by atoms with Gasteiger partial charge in [0.1, 0.15) is 11.6 Å². The van der Waals surface area contributed by atoms with Crippen molar-refractivity contribution in [2.24, 2.45) is 0 Å². The van der Waals surface area contributed by atoms with Crippen LogP contribution in [0.4, 0.5) is 4.39 Å². The molecule has 1 atom stereocenters. The number of esters is 2. The first kappa shape index (κ1) is 21.1. The zero-order valence-corrected chi connectivity index (χ0v) is 16.1. The van der Waals surface area contributed by atoms with Gasteiger partial charge < -0.3 is 19.2 Å². The normalized spacial score (nSPS) is 11.6. The number of rotatable bonds is 8. The zero-order chi connectivity index (χ0) is 20.8. The molecule has 0 saturated heterocycles. The molecule has 0 amide bonds. The Morgan fingerprint density at radius 3 is 2.36 bits per heavy atom. The highest BCUT2D eigenvalue weighted by molar-refractivity contribution is 6.02. The van der Waals surface area contributed by atoms with Crippen LogP contribution in [0.3, 0.4) is 0 Å². The number of carbonyl (C=O) groups excluding carboxylic acids is 3. The summed E-state index contributed by atoms with van der Waals surface area (Å²) in [6, 6.07) is 5.17. The molecule has 0 aliphatic heterocycles. The summed E-state index contributed by atoms with van der Waals surface area (Å²) in [6.07, 6.45) is -0.986. The number of H-pyrrole nitrogens is 1. The lowest BCUT2D eigenvalue weighted by Gasteiger charge is -2.13. The Hall–Kier alpha value is -3.16. The molecular formula is C20H22FNO6. The van der Waals surface area contributed by atoms with Crippen molar-refractivity contribution in [3.05, 3.63) is 52.6 Å². The van der Waals surface area contributed by atoms with Crippen LogP contribution in [0.25, 0.3) is 0 Å². The highest BCUT2D eigenvalue weighted by Crippen LogP contribution is 2.20. The van der Waals surface area contributed by atoms with Gasteiger partial charge in [0.25, 0.3) is 0 Å². The molecule has 0 fully saturated rings. The van der Waals surface area contributed by atoms with E-state index in [1.165, 1.54) is 31.2 Å². The molecule has 0 aliphatic carbocycles. The number of benzene rings is 1. The maximum absolute atomic E-state index is 12.9. The van der Waals surface area contributed by atoms with Gasteiger partial charge in [0, 0.05) is 5.69 Å². The molecule has 0 spiro atoms. The summed E-state index contributed by atoms with van der Waals surface area (Å²) in [4.78, 5) is 39.3. The summed E-state index contributed by atoms with van der Waals surface area (Å²) in [7, 11) is 0. The summed E-state index contributed by atoms with van der Waals surface area (Å²) in [5.41, 5.74) is 1.41. The maximum atomic E-state index is 12.9. The van der Waals surface area contributed by atoms with Crippen molar-refractivity contribution in [3.63, 3.8) is 0 Å². The molecule has 1 aromatic heterocycles. The smallest absolute Gasteiger partial charge is 0.347 e. The molecule has 1 heterocycles. The molecule has 1 N–H and O–H groups in total. The second-order valence-corrected chi connectivity index (χ2v) is 6.09. The number of nitrogens with one attached hydrogen (secondary N) is 1. The van der Waals surface area contributed by atoms with Crippen molar-refractivity contribution in [1.29, 1.82) is 0 Å². The Balaban J connectivity index is 1.97. The molecular weight excluding hydrogens is 369 g/mol. The van der Waals surface area contributed by atoms with Gasteiger partial charge in [0.2, 0.25) is 5.78 Å². The largest absolute Gasteiger partial charge is 0.479 e. The average molecular weight is 391 g/mol. The number of aromatic amines is 1. The van der Waals surface area contributed by atoms with E-state index in [1.807, 2.05) is 0 Å². The Morgan fingerprint density at radius 2 is 1.75 bits per heavy atom. The number of aromatic nitrogens is 1. The third-order valence-electron chi connectivity index (χ3n) is 4.00. The number of hydrogen-bond donors (Lipinski definition) is 1. The number of hydrogen-bond acceptors (Lipinski definition) is 6. The molecule has 0 radical (unpaired) electrons. The highest BCUT2D eigenvalue weighted by Gasteiger charge is 2.24. The van der Waals surface area contributed by atoms with Gasteiger partial charge >= 0.3 is 11.9 Å². The van der Waals surface area contributed by atoms with Gasteiger partial charge in [-0.05, 0) is 57.5 Å². The van der Waals surface area contributed by atoms with Crippen LogP contribution in [-0.4, -0.2) is 42.0 Å². The zero-order valence-electron chi connectivity index (χ0n) is 16.1. The molecule has 28 heavy (non-hydrogen) atoms. The number of Topliss-reactive ketones (excluding diaryl/α,β-unsaturated/α-hetero) is 1. The topological polar surface area (TPSA) is 94.7 Å². The van der Waals surface area contributed by atoms with Crippen LogP contribution in [0.15, 0.2) is 24.3 Å². The van der Waals surface area contributed by atoms with Crippen molar-refractivity contribution in [2.75, 3.05) is 13.2 Å². The quantitative estimate of drug-likeness (QED) is 0.549. The standard InChI is InChI=1S/C20H22FNO6/c1-5-26-20(25)17-11(2)18(22-12(17)3)16(23)10-27-19(24)13(4)28-15-8-6-14(21)7-9-15/h6-9,13,22H,5,10H2,1-4H3/t13-/m0/s1. The number of carbonyl (C=O) groups is 3. The third kappa shape index (κ3) is 4.97. The van der Waals surface area contributed by atoms with E-state index in [0.29, 0.717) is 22.6 Å². The van der Waals surface area contributed by atoms with Gasteiger partial charge in [0.05, 0.1) is 17.9 Å². The van der Waals surface area contributed by atoms with Crippen molar-refractivity contribution >= 4 is 17.7 Å². The van der Waals surface area contributed by atoms with Gasteiger partial charge in [-0.2, -0.15) is 0 Å². The maximum Gasteiger partial charge on any atom is 0.347 e. The van der Waals surface area contributed by atoms with Crippen molar-refractivity contribution in [3.8, 4) is 5.75 Å². The van der Waals surface area contributed by atoms with Crippen LogP contribution in [0.1, 0.15) is 46.0 Å². The Bertz CT molecular complexity index is 872. The van der Waals surface area contributed by atoms with Gasteiger partial charge in [-0.3, -0.25) is 4.79 Å². The van der Waals surface area contributed by atoms with Crippen molar-refractivity contribution in [2.45, 2.75) is 33.8 Å². The van der Waals surface area contributed by atoms with Crippen LogP contribution in [-0.2, 0) is 14.3 Å². The molecule has 0 saturated carbocycles. The lowest BCUT2D eigenvalue weighted by atomic mass is 10.1. The molecule has 0 aliphatic rings. The van der Waals surface area contributed by atoms with E-state index < -0.39 is 36.2 Å². The van der Waals surface area contributed by atoms with Crippen LogP contribution >= 0.6 is 0 Å². The second-order valence-electron chi connectivity index (χ2n) is 6.09. The first-order chi connectivity index (χ1) is 13.2. The predicted molar refractivity (Wildman–Crippen MR) is 98.0 cm³/mol. The number of aryl methyl sites for hydroxylation is 1. The summed E-state index contributed by atoms with van der Waals surface area (Å²) in [6.45, 7) is 6.12.